The molecule has 0 fully saturated rings. The van der Waals surface area contributed by atoms with Crippen LogP contribution in [0.3, 0.4) is 0 Å². The van der Waals surface area contributed by atoms with E-state index in [2.05, 4.69) is 6.07 Å². The van der Waals surface area contributed by atoms with Crippen LogP contribution < -0.4 is 0 Å². The molecule has 0 aliphatic rings. The van der Waals surface area contributed by atoms with Crippen LogP contribution in [-0.4, -0.2) is 25.6 Å². The van der Waals surface area contributed by atoms with Gasteiger partial charge in [-0.1, -0.05) is 50.2 Å². The van der Waals surface area contributed by atoms with Crippen LogP contribution in [0.2, 0.25) is 0 Å². The fourth-order valence-electron chi connectivity index (χ4n) is 2.64. The Kier molecular flexibility index (Phi) is 4.43. The van der Waals surface area contributed by atoms with Crippen molar-refractivity contribution in [3.63, 3.8) is 0 Å². The SMILES string of the molecule is COC(OC)C(C)(C)[C@H](O)c1ccc2ccccc2c1. The molecule has 0 aliphatic carbocycles. The summed E-state index contributed by atoms with van der Waals surface area (Å²) >= 11 is 0. The third-order valence-electron chi connectivity index (χ3n) is 3.83. The molecule has 0 amide bonds. The average molecular weight is 274 g/mol. The molecule has 3 heteroatoms. The number of benzene rings is 2. The Morgan fingerprint density at radius 3 is 2.15 bits per heavy atom. The Balaban J connectivity index is 2.37. The van der Waals surface area contributed by atoms with Crippen molar-refractivity contribution in [2.75, 3.05) is 14.2 Å². The molecule has 3 nitrogen and oxygen atoms in total. The first-order valence-electron chi connectivity index (χ1n) is 6.73. The first kappa shape index (κ1) is 15.0. The summed E-state index contributed by atoms with van der Waals surface area (Å²) in [7, 11) is 3.17. The van der Waals surface area contributed by atoms with Crippen LogP contribution in [0.25, 0.3) is 10.8 Å². The van der Waals surface area contributed by atoms with Gasteiger partial charge in [-0.25, -0.2) is 0 Å². The van der Waals surface area contributed by atoms with Gasteiger partial charge < -0.3 is 14.6 Å². The minimum Gasteiger partial charge on any atom is -0.388 e. The Morgan fingerprint density at radius 1 is 0.950 bits per heavy atom. The second-order valence-corrected chi connectivity index (χ2v) is 5.63. The summed E-state index contributed by atoms with van der Waals surface area (Å²) in [6, 6.07) is 14.1. The zero-order valence-electron chi connectivity index (χ0n) is 12.5. The van der Waals surface area contributed by atoms with Crippen LogP contribution in [0.5, 0.6) is 0 Å². The number of rotatable bonds is 5. The Bertz CT molecular complexity index is 573. The minimum absolute atomic E-state index is 0.469. The van der Waals surface area contributed by atoms with Crippen LogP contribution in [0, 0.1) is 5.41 Å². The van der Waals surface area contributed by atoms with Crippen molar-refractivity contribution in [2.45, 2.75) is 26.2 Å². The van der Waals surface area contributed by atoms with E-state index in [-0.39, 0.29) is 0 Å². The van der Waals surface area contributed by atoms with Crippen LogP contribution in [0.1, 0.15) is 25.5 Å². The van der Waals surface area contributed by atoms with Crippen LogP contribution in [-0.2, 0) is 9.47 Å². The highest BCUT2D eigenvalue weighted by molar-refractivity contribution is 5.83. The predicted octanol–water partition coefficient (Wildman–Crippen LogP) is 3.52. The van der Waals surface area contributed by atoms with Crippen molar-refractivity contribution in [3.8, 4) is 0 Å². The molecule has 0 saturated heterocycles. The number of hydrogen-bond donors (Lipinski definition) is 1. The van der Waals surface area contributed by atoms with E-state index in [4.69, 9.17) is 9.47 Å². The number of aliphatic hydroxyl groups excluding tert-OH is 1. The lowest BCUT2D eigenvalue weighted by Crippen LogP contribution is -2.38. The quantitative estimate of drug-likeness (QED) is 0.848. The number of fused-ring (bicyclic) bond motifs is 1. The van der Waals surface area contributed by atoms with Crippen LogP contribution in [0.15, 0.2) is 42.5 Å². The highest BCUT2D eigenvalue weighted by atomic mass is 16.7. The average Bonchev–Trinajstić information content (AvgIpc) is 2.47. The monoisotopic (exact) mass is 274 g/mol. The van der Waals surface area contributed by atoms with E-state index in [1.165, 1.54) is 0 Å². The summed E-state index contributed by atoms with van der Waals surface area (Å²) < 4.78 is 10.6. The van der Waals surface area contributed by atoms with Gasteiger partial charge in [0.2, 0.25) is 0 Å². The lowest BCUT2D eigenvalue weighted by molar-refractivity contribution is -0.198. The third kappa shape index (κ3) is 2.70. The Hall–Kier alpha value is -1.42. The van der Waals surface area contributed by atoms with E-state index >= 15 is 0 Å². The van der Waals surface area contributed by atoms with E-state index in [1.54, 1.807) is 14.2 Å². The molecule has 0 aliphatic heterocycles. The molecule has 20 heavy (non-hydrogen) atoms. The van der Waals surface area contributed by atoms with Crippen molar-refractivity contribution in [3.05, 3.63) is 48.0 Å². The molecular formula is C17H22O3. The smallest absolute Gasteiger partial charge is 0.164 e. The molecule has 2 aromatic rings. The Labute approximate surface area is 120 Å². The number of methoxy groups -OCH3 is 2. The summed E-state index contributed by atoms with van der Waals surface area (Å²) in [5.41, 5.74) is 0.319. The molecule has 0 saturated carbocycles. The van der Waals surface area contributed by atoms with E-state index in [0.29, 0.717) is 0 Å². The van der Waals surface area contributed by atoms with Crippen molar-refractivity contribution >= 4 is 10.8 Å². The van der Waals surface area contributed by atoms with Crippen LogP contribution >= 0.6 is 0 Å². The molecule has 108 valence electrons. The number of aliphatic hydroxyl groups is 1. The van der Waals surface area contributed by atoms with Crippen molar-refractivity contribution < 1.29 is 14.6 Å². The van der Waals surface area contributed by atoms with E-state index in [1.807, 2.05) is 50.2 Å². The van der Waals surface area contributed by atoms with Gasteiger partial charge in [-0.15, -0.1) is 0 Å². The molecule has 0 spiro atoms. The van der Waals surface area contributed by atoms with Gasteiger partial charge in [0.05, 0.1) is 6.10 Å². The number of ether oxygens (including phenoxy) is 2. The molecule has 0 unspecified atom stereocenters. The lowest BCUT2D eigenvalue weighted by atomic mass is 9.81. The maximum absolute atomic E-state index is 10.7. The molecule has 1 N–H and O–H groups in total. The highest BCUT2D eigenvalue weighted by Crippen LogP contribution is 2.38. The second-order valence-electron chi connectivity index (χ2n) is 5.63. The summed E-state index contributed by atoms with van der Waals surface area (Å²) in [5.74, 6) is 0. The summed E-state index contributed by atoms with van der Waals surface area (Å²) in [6.07, 6.45) is -1.14. The van der Waals surface area contributed by atoms with Gasteiger partial charge in [-0.05, 0) is 22.4 Å². The molecular weight excluding hydrogens is 252 g/mol. The summed E-state index contributed by atoms with van der Waals surface area (Å²) in [5, 5.41) is 13.0. The third-order valence-corrected chi connectivity index (χ3v) is 3.83. The minimum atomic E-state index is -0.669. The Morgan fingerprint density at radius 2 is 1.55 bits per heavy atom. The lowest BCUT2D eigenvalue weighted by Gasteiger charge is -2.36. The molecule has 0 radical (unpaired) electrons. The number of hydrogen-bond acceptors (Lipinski definition) is 3. The fraction of sp³-hybridized carbons (Fsp3) is 0.412. The van der Waals surface area contributed by atoms with Gasteiger partial charge in [0.15, 0.2) is 6.29 Å². The van der Waals surface area contributed by atoms with Gasteiger partial charge in [0.25, 0.3) is 0 Å². The topological polar surface area (TPSA) is 38.7 Å². The fourth-order valence-corrected chi connectivity index (χ4v) is 2.64. The van der Waals surface area contributed by atoms with Crippen molar-refractivity contribution in [2.24, 2.45) is 5.41 Å². The zero-order chi connectivity index (χ0) is 14.8. The predicted molar refractivity (Wildman–Crippen MR) is 80.5 cm³/mol. The molecule has 1 atom stereocenters. The normalized spacial score (nSPS) is 13.9. The summed E-state index contributed by atoms with van der Waals surface area (Å²) in [6.45, 7) is 3.87. The molecule has 2 aromatic carbocycles. The maximum Gasteiger partial charge on any atom is 0.164 e. The highest BCUT2D eigenvalue weighted by Gasteiger charge is 2.38. The first-order chi connectivity index (χ1) is 9.50. The van der Waals surface area contributed by atoms with Gasteiger partial charge >= 0.3 is 0 Å². The first-order valence-corrected chi connectivity index (χ1v) is 6.73. The van der Waals surface area contributed by atoms with E-state index in [9.17, 15) is 5.11 Å². The summed E-state index contributed by atoms with van der Waals surface area (Å²) in [4.78, 5) is 0. The van der Waals surface area contributed by atoms with Gasteiger partial charge in [0, 0.05) is 19.6 Å². The van der Waals surface area contributed by atoms with Gasteiger partial charge in [0.1, 0.15) is 0 Å². The molecule has 0 aromatic heterocycles. The molecule has 0 bridgehead atoms. The van der Waals surface area contributed by atoms with Crippen molar-refractivity contribution in [1.82, 2.24) is 0 Å². The zero-order valence-corrected chi connectivity index (χ0v) is 12.5. The van der Waals surface area contributed by atoms with E-state index < -0.39 is 17.8 Å². The maximum atomic E-state index is 10.7. The molecule has 2 rings (SSSR count). The standard InChI is InChI=1S/C17H22O3/c1-17(2,16(19-3)20-4)15(18)14-10-9-12-7-5-6-8-13(12)11-14/h5-11,15-16,18H,1-4H3/t15-/m1/s1. The van der Waals surface area contributed by atoms with Gasteiger partial charge in [-0.2, -0.15) is 0 Å². The molecule has 0 heterocycles. The van der Waals surface area contributed by atoms with Crippen LogP contribution in [0.4, 0.5) is 0 Å². The second kappa shape index (κ2) is 5.92. The van der Waals surface area contributed by atoms with E-state index in [0.717, 1.165) is 16.3 Å². The van der Waals surface area contributed by atoms with Crippen molar-refractivity contribution in [1.29, 1.82) is 0 Å². The largest absolute Gasteiger partial charge is 0.388 e. The van der Waals surface area contributed by atoms with Gasteiger partial charge in [-0.3, -0.25) is 0 Å².